The molecule has 35 heavy (non-hydrogen) atoms. The van der Waals surface area contributed by atoms with Crippen LogP contribution >= 0.6 is 0 Å². The maximum absolute atomic E-state index is 15.4. The Bertz CT molecular complexity index is 862. The van der Waals surface area contributed by atoms with Crippen LogP contribution in [0, 0.1) is 0 Å². The van der Waals surface area contributed by atoms with Crippen molar-refractivity contribution >= 4 is 19.2 Å². The van der Waals surface area contributed by atoms with Crippen LogP contribution in [0.2, 0.25) is 0 Å². The zero-order chi connectivity index (χ0) is 26.7. The molecule has 196 valence electrons. The molecule has 2 unspecified atom stereocenters. The molecule has 0 saturated heterocycles. The van der Waals surface area contributed by atoms with Gasteiger partial charge in [0.1, 0.15) is 0 Å². The summed E-state index contributed by atoms with van der Waals surface area (Å²) < 4.78 is 144. The van der Waals surface area contributed by atoms with Gasteiger partial charge in [0, 0.05) is 0 Å². The third-order valence-electron chi connectivity index (χ3n) is 5.23. The van der Waals surface area contributed by atoms with Gasteiger partial charge in [0.25, 0.3) is 0 Å². The molecule has 0 saturated carbocycles. The van der Waals surface area contributed by atoms with Gasteiger partial charge < -0.3 is 0 Å². The summed E-state index contributed by atoms with van der Waals surface area (Å²) in [4.78, 5) is 0. The van der Waals surface area contributed by atoms with E-state index in [9.17, 15) is 26.3 Å². The Morgan fingerprint density at radius 3 is 1.14 bits per heavy atom. The van der Waals surface area contributed by atoms with Crippen LogP contribution in [0.25, 0.3) is 0 Å². The monoisotopic (exact) mass is 628 g/mol. The molecule has 0 heterocycles. The van der Waals surface area contributed by atoms with Crippen LogP contribution in [-0.2, 0) is 19.4 Å². The van der Waals surface area contributed by atoms with E-state index in [0.29, 0.717) is 0 Å². The molecule has 13 heteroatoms. The van der Waals surface area contributed by atoms with Gasteiger partial charge in [-0.1, -0.05) is 0 Å². The number of alkyl halides is 10. The number of hydrogen-bond acceptors (Lipinski definition) is 2. The number of rotatable bonds is 12. The van der Waals surface area contributed by atoms with Crippen molar-refractivity contribution < 1.29 is 50.1 Å². The average Bonchev–Trinajstić information content (AvgIpc) is 2.79. The molecule has 2 rings (SSSR count). The topological polar surface area (TPSA) is 18.5 Å². The van der Waals surface area contributed by atoms with Gasteiger partial charge in [-0.05, 0) is 0 Å². The molecule has 0 aliphatic carbocycles. The van der Waals surface area contributed by atoms with Crippen molar-refractivity contribution in [1.29, 1.82) is 0 Å². The molecule has 0 aliphatic rings. The molecule has 2 nitrogen and oxygen atoms in total. The van der Waals surface area contributed by atoms with E-state index in [1.807, 2.05) is 0 Å². The molecule has 0 aromatic heterocycles. The number of hydrogen-bond donors (Lipinski definition) is 0. The van der Waals surface area contributed by atoms with Crippen molar-refractivity contribution in [3.63, 3.8) is 0 Å². The summed E-state index contributed by atoms with van der Waals surface area (Å²) >= 11 is -8.76. The van der Waals surface area contributed by atoms with Gasteiger partial charge in [-0.2, -0.15) is 0 Å². The first-order valence-electron chi connectivity index (χ1n) is 10.2. The quantitative estimate of drug-likeness (QED) is 0.183. The first kappa shape index (κ1) is 29.7. The Labute approximate surface area is 200 Å². The third kappa shape index (κ3) is 5.43. The van der Waals surface area contributed by atoms with Gasteiger partial charge >= 0.3 is 200 Å². The zero-order valence-electron chi connectivity index (χ0n) is 18.4. The standard InChI is InChI=1S/2C7H7O.2C4H4F5.Sn/c2*8-6-7-4-2-1-3-5-7;2*1-2(5)4(8,9)3(6)7;/h2*1-5H,6H2;2*2H,1H3;/q2*-1;;;+2. The fraction of sp³-hybridized carbons (Fsp3) is 0.455. The van der Waals surface area contributed by atoms with E-state index in [1.54, 1.807) is 0 Å². The first-order valence-corrected chi connectivity index (χ1v) is 15.4. The molecule has 0 radical (unpaired) electrons. The fourth-order valence-electron chi connectivity index (χ4n) is 3.06. The van der Waals surface area contributed by atoms with Crippen LogP contribution in [0.5, 0.6) is 0 Å². The predicted molar refractivity (Wildman–Crippen MR) is 109 cm³/mol. The van der Waals surface area contributed by atoms with Crippen LogP contribution in [0.15, 0.2) is 60.7 Å². The van der Waals surface area contributed by atoms with Gasteiger partial charge in [0.05, 0.1) is 0 Å². The first-order chi connectivity index (χ1) is 16.0. The summed E-state index contributed by atoms with van der Waals surface area (Å²) in [6, 6.07) is 12.8. The molecule has 2 aromatic carbocycles. The second-order valence-corrected chi connectivity index (χ2v) is 16.5. The van der Waals surface area contributed by atoms with Crippen LogP contribution in [0.4, 0.5) is 43.9 Å². The van der Waals surface area contributed by atoms with E-state index >= 15 is 17.6 Å². The maximum atomic E-state index is 15.4. The number of halogens is 10. The van der Waals surface area contributed by atoms with E-state index in [-0.39, 0.29) is 25.0 Å². The summed E-state index contributed by atoms with van der Waals surface area (Å²) in [7, 11) is 0. The van der Waals surface area contributed by atoms with Gasteiger partial charge in [-0.25, -0.2) is 0 Å². The molecule has 0 bridgehead atoms. The summed E-state index contributed by atoms with van der Waals surface area (Å²) in [5, 5.41) is 0. The zero-order valence-corrected chi connectivity index (χ0v) is 21.3. The van der Waals surface area contributed by atoms with Crippen LogP contribution in [0.3, 0.4) is 0 Å². The van der Waals surface area contributed by atoms with Crippen molar-refractivity contribution in [2.24, 2.45) is 0 Å². The van der Waals surface area contributed by atoms with Gasteiger partial charge in [0.15, 0.2) is 0 Å². The molecule has 2 atom stereocenters. The van der Waals surface area contributed by atoms with E-state index in [4.69, 9.17) is 0 Å². The van der Waals surface area contributed by atoms with E-state index < -0.39 is 64.5 Å². The molecular formula is C22H22F10O2Sn. The molecule has 0 spiro atoms. The van der Waals surface area contributed by atoms with E-state index in [2.05, 4.69) is 6.15 Å². The summed E-state index contributed by atoms with van der Waals surface area (Å²) in [6.07, 6.45) is -7.53. The summed E-state index contributed by atoms with van der Waals surface area (Å²) in [5.74, 6) is -11.8. The van der Waals surface area contributed by atoms with Crippen molar-refractivity contribution in [2.45, 2.75) is 59.1 Å². The van der Waals surface area contributed by atoms with Crippen molar-refractivity contribution in [3.05, 3.63) is 71.8 Å². The minimum absolute atomic E-state index is 0.0486. The predicted octanol–water partition coefficient (Wildman–Crippen LogP) is 7.20. The summed E-state index contributed by atoms with van der Waals surface area (Å²) in [5.41, 5.74) is -0.256. The second-order valence-electron chi connectivity index (χ2n) is 7.79. The number of benzene rings is 2. The Morgan fingerprint density at radius 2 is 0.886 bits per heavy atom. The molecular weight excluding hydrogens is 605 g/mol. The Hall–Kier alpha value is -1.54. The van der Waals surface area contributed by atoms with Gasteiger partial charge in [0.2, 0.25) is 0 Å². The Morgan fingerprint density at radius 1 is 0.600 bits per heavy atom. The Kier molecular flexibility index (Phi) is 9.19. The minimum atomic E-state index is -8.76. The molecule has 2 aromatic rings. The third-order valence-corrected chi connectivity index (χ3v) is 15.0. The van der Waals surface area contributed by atoms with E-state index in [0.717, 1.165) is 24.3 Å². The second kappa shape index (κ2) is 10.8. The van der Waals surface area contributed by atoms with Crippen LogP contribution < -0.4 is 0 Å². The van der Waals surface area contributed by atoms with E-state index in [1.165, 1.54) is 36.4 Å². The van der Waals surface area contributed by atoms with Crippen LogP contribution in [0.1, 0.15) is 25.0 Å². The normalized spacial score (nSPS) is 15.7. The SMILES string of the molecule is CC(F)C(F)(F)[C](F)(F)[Sn]([O]Cc1ccccc1)([O]Cc1ccccc1)[C](F)(F)C(F)(F)C(C)F. The average molecular weight is 627 g/mol. The van der Waals surface area contributed by atoms with Gasteiger partial charge in [-0.15, -0.1) is 0 Å². The molecule has 0 N–H and O–H groups in total. The summed E-state index contributed by atoms with van der Waals surface area (Å²) in [6.45, 7) is -2.64. The van der Waals surface area contributed by atoms with Crippen molar-refractivity contribution in [1.82, 2.24) is 0 Å². The van der Waals surface area contributed by atoms with Crippen molar-refractivity contribution in [3.8, 4) is 0 Å². The molecule has 0 fully saturated rings. The molecule has 0 aliphatic heterocycles. The molecule has 0 amide bonds. The fourth-order valence-corrected chi connectivity index (χ4v) is 12.2. The van der Waals surface area contributed by atoms with Gasteiger partial charge in [-0.3, -0.25) is 0 Å². The van der Waals surface area contributed by atoms with Crippen LogP contribution in [-0.4, -0.2) is 51.3 Å². The Balaban J connectivity index is 2.78. The van der Waals surface area contributed by atoms with Crippen molar-refractivity contribution in [2.75, 3.05) is 0 Å².